The number of nitrogens with zero attached hydrogens (tertiary/aromatic N) is 1. The van der Waals surface area contributed by atoms with E-state index in [0.29, 0.717) is 5.69 Å². The van der Waals surface area contributed by atoms with Crippen molar-refractivity contribution < 1.29 is 31.1 Å². The highest BCUT2D eigenvalue weighted by molar-refractivity contribution is 7.89. The summed E-state index contributed by atoms with van der Waals surface area (Å²) in [5.74, 6) is -0.826. The Labute approximate surface area is 142 Å². The summed E-state index contributed by atoms with van der Waals surface area (Å²) in [5, 5.41) is 11.4. The van der Waals surface area contributed by atoms with Crippen molar-refractivity contribution in [1.29, 1.82) is 5.26 Å². The number of benzene rings is 1. The number of nitrogens with one attached hydrogen (secondary N) is 2. The van der Waals surface area contributed by atoms with E-state index >= 15 is 0 Å². The van der Waals surface area contributed by atoms with Gasteiger partial charge in [0, 0.05) is 11.9 Å². The minimum atomic E-state index is -4.67. The number of ether oxygens (including phenoxy) is 1. The molecule has 0 saturated carbocycles. The summed E-state index contributed by atoms with van der Waals surface area (Å²) in [5.41, 5.74) is 0.0113. The van der Waals surface area contributed by atoms with Crippen molar-refractivity contribution in [2.45, 2.75) is 18.0 Å². The van der Waals surface area contributed by atoms with Gasteiger partial charge in [-0.2, -0.15) is 18.4 Å². The number of hydrogen-bond acceptors (Lipinski definition) is 6. The number of carbonyl (C=O) groups excluding carboxylic acids is 1. The number of sulfonamides is 1. The van der Waals surface area contributed by atoms with E-state index in [1.807, 2.05) is 0 Å². The molecule has 11 heteroatoms. The molecule has 0 fully saturated rings. The number of nitriles is 1. The summed E-state index contributed by atoms with van der Waals surface area (Å²) >= 11 is 0. The third-order valence-electron chi connectivity index (χ3n) is 2.63. The number of rotatable bonds is 7. The van der Waals surface area contributed by atoms with Crippen LogP contribution in [-0.2, 0) is 19.6 Å². The van der Waals surface area contributed by atoms with Gasteiger partial charge >= 0.3 is 12.1 Å². The van der Waals surface area contributed by atoms with Crippen LogP contribution < -0.4 is 10.0 Å². The standard InChI is InChI=1S/C14H14F3N3O4S/c1-2-24-13(21)10(7-18)8-19-11-3-5-12(6-4-11)25(22,23)20-9-14(15,16)17/h3-6,8,19-20H,2,9H2,1H3/b10-8+. The number of hydrogen-bond donors (Lipinski definition) is 2. The van der Waals surface area contributed by atoms with Crippen LogP contribution in [0.2, 0.25) is 0 Å². The molecular weight excluding hydrogens is 363 g/mol. The molecule has 0 amide bonds. The molecule has 1 aromatic rings. The zero-order chi connectivity index (χ0) is 19.1. The van der Waals surface area contributed by atoms with Gasteiger partial charge in [0.1, 0.15) is 12.6 Å². The summed E-state index contributed by atoms with van der Waals surface area (Å²) in [6.07, 6.45) is -3.59. The fraction of sp³-hybridized carbons (Fsp3) is 0.286. The van der Waals surface area contributed by atoms with Crippen molar-refractivity contribution in [2.75, 3.05) is 18.5 Å². The third-order valence-corrected chi connectivity index (χ3v) is 4.04. The molecule has 2 N–H and O–H groups in total. The molecule has 0 heterocycles. The highest BCUT2D eigenvalue weighted by Gasteiger charge is 2.29. The van der Waals surface area contributed by atoms with Crippen LogP contribution in [0.25, 0.3) is 0 Å². The van der Waals surface area contributed by atoms with Gasteiger partial charge in [0.2, 0.25) is 10.0 Å². The first-order chi connectivity index (χ1) is 11.6. The van der Waals surface area contributed by atoms with Gasteiger partial charge in [0.05, 0.1) is 11.5 Å². The second kappa shape index (κ2) is 8.50. The van der Waals surface area contributed by atoms with Crippen LogP contribution in [0.15, 0.2) is 40.9 Å². The molecule has 7 nitrogen and oxygen atoms in total. The van der Waals surface area contributed by atoms with Crippen molar-refractivity contribution in [3.8, 4) is 6.07 Å². The van der Waals surface area contributed by atoms with Gasteiger partial charge in [0.15, 0.2) is 5.57 Å². The van der Waals surface area contributed by atoms with Gasteiger partial charge in [-0.3, -0.25) is 0 Å². The monoisotopic (exact) mass is 377 g/mol. The summed E-state index contributed by atoms with van der Waals surface area (Å²) in [7, 11) is -4.31. The van der Waals surface area contributed by atoms with E-state index in [1.54, 1.807) is 13.0 Å². The van der Waals surface area contributed by atoms with Gasteiger partial charge in [-0.05, 0) is 31.2 Å². The topological polar surface area (TPSA) is 108 Å². The molecule has 0 saturated heterocycles. The Morgan fingerprint density at radius 1 is 1.32 bits per heavy atom. The molecule has 0 aromatic heterocycles. The van der Waals surface area contributed by atoms with Crippen LogP contribution in [0.3, 0.4) is 0 Å². The molecule has 0 unspecified atom stereocenters. The third kappa shape index (κ3) is 6.82. The molecule has 136 valence electrons. The zero-order valence-corrected chi connectivity index (χ0v) is 13.7. The van der Waals surface area contributed by atoms with Gasteiger partial charge < -0.3 is 10.1 Å². The van der Waals surface area contributed by atoms with Gasteiger partial charge in [-0.25, -0.2) is 17.9 Å². The largest absolute Gasteiger partial charge is 0.462 e. The molecule has 0 aliphatic rings. The zero-order valence-electron chi connectivity index (χ0n) is 12.9. The lowest BCUT2D eigenvalue weighted by Gasteiger charge is -2.10. The fourth-order valence-electron chi connectivity index (χ4n) is 1.49. The molecule has 0 aliphatic carbocycles. The van der Waals surface area contributed by atoms with Crippen LogP contribution in [0.5, 0.6) is 0 Å². The van der Waals surface area contributed by atoms with E-state index in [1.165, 1.54) is 16.9 Å². The average molecular weight is 377 g/mol. The van der Waals surface area contributed by atoms with Crippen LogP contribution >= 0.6 is 0 Å². The second-order valence-electron chi connectivity index (χ2n) is 4.50. The maximum absolute atomic E-state index is 12.1. The Balaban J connectivity index is 2.83. The second-order valence-corrected chi connectivity index (χ2v) is 6.27. The van der Waals surface area contributed by atoms with E-state index < -0.39 is 28.7 Å². The van der Waals surface area contributed by atoms with Gasteiger partial charge in [-0.1, -0.05) is 0 Å². The highest BCUT2D eigenvalue weighted by Crippen LogP contribution is 2.17. The number of halogens is 3. The van der Waals surface area contributed by atoms with Crippen LogP contribution in [0, 0.1) is 11.3 Å². The summed E-state index contributed by atoms with van der Waals surface area (Å²) in [6, 6.07) is 6.31. The summed E-state index contributed by atoms with van der Waals surface area (Å²) < 4.78 is 65.8. The van der Waals surface area contributed by atoms with Gasteiger partial charge in [-0.15, -0.1) is 0 Å². The van der Waals surface area contributed by atoms with Crippen molar-refractivity contribution in [1.82, 2.24) is 4.72 Å². The Kier molecular flexibility index (Phi) is 6.96. The van der Waals surface area contributed by atoms with E-state index in [-0.39, 0.29) is 17.1 Å². The molecule has 0 spiro atoms. The molecule has 0 bridgehead atoms. The lowest BCUT2D eigenvalue weighted by molar-refractivity contribution is -0.138. The Morgan fingerprint density at radius 2 is 1.92 bits per heavy atom. The normalized spacial score (nSPS) is 12.4. The summed E-state index contributed by atoms with van der Waals surface area (Å²) in [4.78, 5) is 11.0. The Morgan fingerprint density at radius 3 is 2.40 bits per heavy atom. The van der Waals surface area contributed by atoms with Crippen LogP contribution in [0.1, 0.15) is 6.92 Å². The van der Waals surface area contributed by atoms with E-state index in [4.69, 9.17) is 5.26 Å². The minimum absolute atomic E-state index is 0.0926. The maximum atomic E-state index is 12.1. The smallest absolute Gasteiger partial charge is 0.402 e. The predicted octanol–water partition coefficient (Wildman–Crippen LogP) is 1.91. The first-order valence-corrected chi connectivity index (χ1v) is 8.28. The average Bonchev–Trinajstić information content (AvgIpc) is 2.54. The lowest BCUT2D eigenvalue weighted by atomic mass is 10.3. The molecule has 1 rings (SSSR count). The fourth-order valence-corrected chi connectivity index (χ4v) is 2.51. The van der Waals surface area contributed by atoms with Crippen molar-refractivity contribution in [3.05, 3.63) is 36.0 Å². The van der Waals surface area contributed by atoms with E-state index in [9.17, 15) is 26.4 Å². The Hall–Kier alpha value is -2.58. The molecule has 0 aliphatic heterocycles. The number of alkyl halides is 3. The number of anilines is 1. The Bertz CT molecular complexity index is 781. The number of esters is 1. The lowest BCUT2D eigenvalue weighted by Crippen LogP contribution is -2.33. The molecule has 25 heavy (non-hydrogen) atoms. The van der Waals surface area contributed by atoms with Crippen molar-refractivity contribution in [3.63, 3.8) is 0 Å². The van der Waals surface area contributed by atoms with Gasteiger partial charge in [0.25, 0.3) is 0 Å². The first-order valence-electron chi connectivity index (χ1n) is 6.79. The van der Waals surface area contributed by atoms with Crippen LogP contribution in [-0.4, -0.2) is 33.7 Å². The highest BCUT2D eigenvalue weighted by atomic mass is 32.2. The SMILES string of the molecule is CCOC(=O)/C(C#N)=C/Nc1ccc(S(=O)(=O)NCC(F)(F)F)cc1. The molecular formula is C14H14F3N3O4S. The minimum Gasteiger partial charge on any atom is -0.462 e. The molecule has 1 aromatic carbocycles. The quantitative estimate of drug-likeness (QED) is 0.427. The first kappa shape index (κ1) is 20.5. The summed E-state index contributed by atoms with van der Waals surface area (Å²) in [6.45, 7) is -0.00914. The van der Waals surface area contributed by atoms with Crippen molar-refractivity contribution in [2.24, 2.45) is 0 Å². The van der Waals surface area contributed by atoms with E-state index in [2.05, 4.69) is 10.1 Å². The molecule has 0 atom stereocenters. The number of carbonyl (C=O) groups is 1. The molecule has 0 radical (unpaired) electrons. The van der Waals surface area contributed by atoms with Crippen molar-refractivity contribution >= 4 is 21.7 Å². The van der Waals surface area contributed by atoms with Crippen LogP contribution in [0.4, 0.5) is 18.9 Å². The maximum Gasteiger partial charge on any atom is 0.402 e. The predicted molar refractivity (Wildman–Crippen MR) is 81.6 cm³/mol. The van der Waals surface area contributed by atoms with E-state index in [0.717, 1.165) is 18.3 Å².